The average molecular weight is 248 g/mol. The van der Waals surface area contributed by atoms with Crippen molar-refractivity contribution in [2.24, 2.45) is 11.5 Å². The highest BCUT2D eigenvalue weighted by molar-refractivity contribution is 6.74. The quantitative estimate of drug-likeness (QED) is 0.720. The lowest BCUT2D eigenvalue weighted by Gasteiger charge is -2.38. The van der Waals surface area contributed by atoms with Crippen LogP contribution in [0, 0.1) is 0 Å². The van der Waals surface area contributed by atoms with E-state index in [1.807, 2.05) is 0 Å². The van der Waals surface area contributed by atoms with Crippen LogP contribution < -0.4 is 11.5 Å². The van der Waals surface area contributed by atoms with Crippen LogP contribution in [0.1, 0.15) is 20.8 Å². The van der Waals surface area contributed by atoms with E-state index in [2.05, 4.69) is 33.9 Å². The molecule has 0 radical (unpaired) electrons. The zero-order valence-electron chi connectivity index (χ0n) is 10.9. The molecule has 0 aromatic carbocycles. The second-order valence-electron chi connectivity index (χ2n) is 5.37. The van der Waals surface area contributed by atoms with Crippen LogP contribution >= 0.6 is 0 Å². The summed E-state index contributed by atoms with van der Waals surface area (Å²) in [5.74, 6) is 0. The lowest BCUT2D eigenvalue weighted by Crippen LogP contribution is -2.47. The molecular formula is C10H24N2O3Si. The predicted octanol–water partition coefficient (Wildman–Crippen LogP) is 1.43. The van der Waals surface area contributed by atoms with E-state index in [1.54, 1.807) is 0 Å². The number of hydrogen-bond donors (Lipinski definition) is 2. The topological polar surface area (TPSA) is 87.6 Å². The van der Waals surface area contributed by atoms with E-state index in [-0.39, 0.29) is 17.7 Å². The van der Waals surface area contributed by atoms with Gasteiger partial charge in [0.25, 0.3) is 0 Å². The molecular weight excluding hydrogens is 224 g/mol. The van der Waals surface area contributed by atoms with Crippen LogP contribution in [0.5, 0.6) is 0 Å². The van der Waals surface area contributed by atoms with Crippen LogP contribution in [-0.2, 0) is 9.16 Å². The number of rotatable bonds is 5. The fourth-order valence-corrected chi connectivity index (χ4v) is 2.27. The zero-order valence-corrected chi connectivity index (χ0v) is 11.9. The van der Waals surface area contributed by atoms with E-state index >= 15 is 0 Å². The molecule has 1 amide bonds. The summed E-state index contributed by atoms with van der Waals surface area (Å²) in [5.41, 5.74) is 10.5. The standard InChI is InChI=1S/C10H24N2O3Si/c1-10(2,3)16(4,5)15-8(6-11)7-14-9(12)13/h8H,6-7,11H2,1-5H3,(H2,12,13)/t8-/m0/s1. The Hall–Kier alpha value is -0.593. The Morgan fingerprint density at radius 1 is 1.38 bits per heavy atom. The fourth-order valence-electron chi connectivity index (χ4n) is 0.919. The normalized spacial score (nSPS) is 14.6. The first-order chi connectivity index (χ1) is 7.10. The van der Waals surface area contributed by atoms with Crippen molar-refractivity contribution in [2.75, 3.05) is 13.2 Å². The van der Waals surface area contributed by atoms with Gasteiger partial charge in [-0.25, -0.2) is 4.79 Å². The first kappa shape index (κ1) is 15.4. The molecule has 16 heavy (non-hydrogen) atoms. The van der Waals surface area contributed by atoms with Gasteiger partial charge in [0.05, 0.1) is 6.10 Å². The predicted molar refractivity (Wildman–Crippen MR) is 66.7 cm³/mol. The van der Waals surface area contributed by atoms with Crippen molar-refractivity contribution in [2.45, 2.75) is 45.0 Å². The highest BCUT2D eigenvalue weighted by Crippen LogP contribution is 2.37. The third kappa shape index (κ3) is 4.96. The van der Waals surface area contributed by atoms with Crippen molar-refractivity contribution < 1.29 is 14.0 Å². The van der Waals surface area contributed by atoms with Gasteiger partial charge in [0.15, 0.2) is 8.32 Å². The molecule has 0 bridgehead atoms. The summed E-state index contributed by atoms with van der Waals surface area (Å²) < 4.78 is 10.7. The molecule has 0 saturated heterocycles. The Labute approximate surface area is 98.6 Å². The van der Waals surface area contributed by atoms with Crippen molar-refractivity contribution in [3.63, 3.8) is 0 Å². The number of carbonyl (C=O) groups excluding carboxylic acids is 1. The van der Waals surface area contributed by atoms with Crippen molar-refractivity contribution in [3.05, 3.63) is 0 Å². The Morgan fingerprint density at radius 2 is 1.88 bits per heavy atom. The molecule has 0 aromatic rings. The van der Waals surface area contributed by atoms with Crippen LogP contribution in [0.25, 0.3) is 0 Å². The monoisotopic (exact) mass is 248 g/mol. The van der Waals surface area contributed by atoms with Crippen molar-refractivity contribution in [3.8, 4) is 0 Å². The number of ether oxygens (including phenoxy) is 1. The summed E-state index contributed by atoms with van der Waals surface area (Å²) in [5, 5.41) is 0.104. The molecule has 0 rings (SSSR count). The number of nitrogens with two attached hydrogens (primary N) is 2. The molecule has 5 nitrogen and oxygen atoms in total. The molecule has 96 valence electrons. The third-order valence-corrected chi connectivity index (χ3v) is 7.48. The summed E-state index contributed by atoms with van der Waals surface area (Å²) >= 11 is 0. The summed E-state index contributed by atoms with van der Waals surface area (Å²) in [4.78, 5) is 10.5. The number of hydrogen-bond acceptors (Lipinski definition) is 4. The van der Waals surface area contributed by atoms with E-state index in [9.17, 15) is 4.79 Å². The van der Waals surface area contributed by atoms with Gasteiger partial charge >= 0.3 is 6.09 Å². The lowest BCUT2D eigenvalue weighted by atomic mass is 10.2. The Balaban J connectivity index is 4.36. The minimum Gasteiger partial charge on any atom is -0.447 e. The Kier molecular flexibility index (Phi) is 5.44. The van der Waals surface area contributed by atoms with Gasteiger partial charge in [-0.3, -0.25) is 0 Å². The molecule has 0 aliphatic heterocycles. The number of primary amides is 1. The summed E-state index contributed by atoms with van der Waals surface area (Å²) in [7, 11) is -1.87. The van der Waals surface area contributed by atoms with Gasteiger partial charge in [-0.05, 0) is 18.1 Å². The van der Waals surface area contributed by atoms with Gasteiger partial charge in [0.1, 0.15) is 6.61 Å². The maximum absolute atomic E-state index is 10.5. The van der Waals surface area contributed by atoms with E-state index in [0.29, 0.717) is 6.54 Å². The first-order valence-corrected chi connectivity index (χ1v) is 8.31. The molecule has 0 aliphatic carbocycles. The number of carbonyl (C=O) groups is 1. The second kappa shape index (κ2) is 5.65. The maximum atomic E-state index is 10.5. The SMILES string of the molecule is CC(C)(C)[Si](C)(C)O[C@@H](CN)COC(N)=O. The summed E-state index contributed by atoms with van der Waals surface area (Å²) in [6.07, 6.45) is -1.06. The van der Waals surface area contributed by atoms with E-state index in [1.165, 1.54) is 0 Å². The van der Waals surface area contributed by atoms with Crippen LogP contribution in [0.3, 0.4) is 0 Å². The number of amides is 1. The zero-order chi connectivity index (χ0) is 13.0. The smallest absolute Gasteiger partial charge is 0.404 e. The van der Waals surface area contributed by atoms with Crippen molar-refractivity contribution in [1.82, 2.24) is 0 Å². The van der Waals surface area contributed by atoms with E-state index < -0.39 is 14.4 Å². The Bertz CT molecular complexity index is 239. The largest absolute Gasteiger partial charge is 0.447 e. The van der Waals surface area contributed by atoms with Crippen LogP contribution in [0.2, 0.25) is 18.1 Å². The van der Waals surface area contributed by atoms with Crippen molar-refractivity contribution in [1.29, 1.82) is 0 Å². The van der Waals surface area contributed by atoms with Gasteiger partial charge in [0.2, 0.25) is 0 Å². The molecule has 0 fully saturated rings. The maximum Gasteiger partial charge on any atom is 0.404 e. The molecule has 0 aliphatic rings. The highest BCUT2D eigenvalue weighted by Gasteiger charge is 2.39. The van der Waals surface area contributed by atoms with Gasteiger partial charge < -0.3 is 20.6 Å². The minimum atomic E-state index is -1.87. The third-order valence-electron chi connectivity index (χ3n) is 2.94. The van der Waals surface area contributed by atoms with Crippen LogP contribution in [0.4, 0.5) is 4.79 Å². The Morgan fingerprint density at radius 3 is 2.19 bits per heavy atom. The molecule has 0 heterocycles. The van der Waals surface area contributed by atoms with Crippen LogP contribution in [0.15, 0.2) is 0 Å². The van der Waals surface area contributed by atoms with Gasteiger partial charge in [-0.1, -0.05) is 20.8 Å². The second-order valence-corrected chi connectivity index (χ2v) is 10.1. The van der Waals surface area contributed by atoms with Gasteiger partial charge in [-0.15, -0.1) is 0 Å². The van der Waals surface area contributed by atoms with E-state index in [0.717, 1.165) is 0 Å². The first-order valence-electron chi connectivity index (χ1n) is 5.40. The molecule has 0 aromatic heterocycles. The van der Waals surface area contributed by atoms with E-state index in [4.69, 9.17) is 20.6 Å². The molecule has 1 atom stereocenters. The summed E-state index contributed by atoms with van der Waals surface area (Å²) in [6, 6.07) is 0. The van der Waals surface area contributed by atoms with Crippen molar-refractivity contribution >= 4 is 14.4 Å². The molecule has 0 spiro atoms. The molecule has 4 N–H and O–H groups in total. The molecule has 0 saturated carbocycles. The van der Waals surface area contributed by atoms with Crippen LogP contribution in [-0.4, -0.2) is 33.7 Å². The molecule has 0 unspecified atom stereocenters. The average Bonchev–Trinajstić information content (AvgIpc) is 2.09. The van der Waals surface area contributed by atoms with Gasteiger partial charge in [-0.2, -0.15) is 0 Å². The summed E-state index contributed by atoms with van der Waals surface area (Å²) in [6.45, 7) is 11.1. The van der Waals surface area contributed by atoms with Gasteiger partial charge in [0, 0.05) is 6.54 Å². The lowest BCUT2D eigenvalue weighted by molar-refractivity contribution is 0.0835. The highest BCUT2D eigenvalue weighted by atomic mass is 28.4. The molecule has 6 heteroatoms. The fraction of sp³-hybridized carbons (Fsp3) is 0.900. The minimum absolute atomic E-state index is 0.104.